The highest BCUT2D eigenvalue weighted by atomic mass is 14.0. The van der Waals surface area contributed by atoms with Gasteiger partial charge in [-0.3, -0.25) is 0 Å². The van der Waals surface area contributed by atoms with E-state index in [2.05, 4.69) is 6.42 Å². The first kappa shape index (κ1) is 5.02. The second kappa shape index (κ2) is 2.95. The van der Waals surface area contributed by atoms with Crippen LogP contribution in [0.4, 0.5) is 0 Å². The Morgan fingerprint density at radius 1 is 0.714 bits per heavy atom. The van der Waals surface area contributed by atoms with Gasteiger partial charge in [-0.2, -0.15) is 0 Å². The summed E-state index contributed by atoms with van der Waals surface area (Å²) in [4.78, 5) is 0. The second-order valence-corrected chi connectivity index (χ2v) is 2.28. The molecule has 1 rings (SSSR count). The van der Waals surface area contributed by atoms with Crippen molar-refractivity contribution in [1.82, 2.24) is 0 Å². The highest BCUT2D eigenvalue weighted by molar-refractivity contribution is 4.67. The van der Waals surface area contributed by atoms with E-state index in [0.29, 0.717) is 0 Å². The molecule has 1 aliphatic rings. The van der Waals surface area contributed by atoms with Crippen molar-refractivity contribution in [2.45, 2.75) is 38.5 Å². The van der Waals surface area contributed by atoms with Crippen molar-refractivity contribution in [3.05, 3.63) is 6.42 Å². The largest absolute Gasteiger partial charge is 0.0875 e. The number of rotatable bonds is 0. The van der Waals surface area contributed by atoms with E-state index in [1.54, 1.807) is 0 Å². The van der Waals surface area contributed by atoms with Crippen molar-refractivity contribution >= 4 is 0 Å². The van der Waals surface area contributed by atoms with E-state index < -0.39 is 0 Å². The molecule has 0 heterocycles. The normalized spacial score (nSPS) is 22.9. The molecule has 0 spiro atoms. The molecule has 0 amide bonds. The molecule has 0 bridgehead atoms. The van der Waals surface area contributed by atoms with Crippen molar-refractivity contribution in [3.8, 4) is 0 Å². The Hall–Kier alpha value is -0.130. The topological polar surface area (TPSA) is 0 Å². The van der Waals surface area contributed by atoms with E-state index >= 15 is 0 Å². The van der Waals surface area contributed by atoms with Crippen molar-refractivity contribution < 1.29 is 0 Å². The summed E-state index contributed by atoms with van der Waals surface area (Å²) in [5.74, 6) is 0. The smallest absolute Gasteiger partial charge is 0.0491 e. The molecule has 0 aromatic carbocycles. The fraction of sp³-hybridized carbons (Fsp3) is 0.857. The summed E-state index contributed by atoms with van der Waals surface area (Å²) in [7, 11) is 0. The highest BCUT2D eigenvalue weighted by Crippen LogP contribution is 2.14. The first-order valence-electron chi connectivity index (χ1n) is 3.32. The minimum absolute atomic E-state index is 1.38. The first-order valence-corrected chi connectivity index (χ1v) is 3.32. The van der Waals surface area contributed by atoms with Gasteiger partial charge in [-0.1, -0.05) is 0 Å². The van der Waals surface area contributed by atoms with Crippen molar-refractivity contribution in [2.24, 2.45) is 0 Å². The molecular formula is C7H13+. The van der Waals surface area contributed by atoms with E-state index in [-0.39, 0.29) is 0 Å². The lowest BCUT2D eigenvalue weighted by Crippen LogP contribution is -1.68. The molecule has 0 radical (unpaired) electrons. The SMILES string of the molecule is [CH+]1CCCCCC1. The molecule has 40 valence electrons. The van der Waals surface area contributed by atoms with Gasteiger partial charge in [0.2, 0.25) is 0 Å². The lowest BCUT2D eigenvalue weighted by molar-refractivity contribution is 0.702. The van der Waals surface area contributed by atoms with E-state index in [4.69, 9.17) is 0 Å². The zero-order chi connectivity index (χ0) is 4.95. The van der Waals surface area contributed by atoms with Crippen LogP contribution in [0.15, 0.2) is 0 Å². The zero-order valence-corrected chi connectivity index (χ0v) is 4.82. The first-order chi connectivity index (χ1) is 3.50. The minimum atomic E-state index is 1.38. The molecular weight excluding hydrogens is 84.1 g/mol. The summed E-state index contributed by atoms with van der Waals surface area (Å²) in [6.07, 6.45) is 11.0. The van der Waals surface area contributed by atoms with Crippen molar-refractivity contribution in [3.63, 3.8) is 0 Å². The van der Waals surface area contributed by atoms with E-state index in [1.807, 2.05) is 0 Å². The molecule has 1 aliphatic carbocycles. The molecule has 0 nitrogen and oxygen atoms in total. The van der Waals surface area contributed by atoms with Crippen LogP contribution in [0.25, 0.3) is 0 Å². The van der Waals surface area contributed by atoms with Gasteiger partial charge < -0.3 is 0 Å². The average Bonchev–Trinajstić information content (AvgIpc) is 1.90. The molecule has 0 N–H and O–H groups in total. The average molecular weight is 97.2 g/mol. The van der Waals surface area contributed by atoms with E-state index in [1.165, 1.54) is 38.5 Å². The van der Waals surface area contributed by atoms with Crippen LogP contribution in [0.1, 0.15) is 38.5 Å². The Kier molecular flexibility index (Phi) is 2.11. The molecule has 0 aromatic heterocycles. The monoisotopic (exact) mass is 97.1 g/mol. The van der Waals surface area contributed by atoms with E-state index in [9.17, 15) is 0 Å². The Morgan fingerprint density at radius 3 is 1.86 bits per heavy atom. The van der Waals surface area contributed by atoms with Gasteiger partial charge >= 0.3 is 0 Å². The van der Waals surface area contributed by atoms with Crippen LogP contribution in [0.5, 0.6) is 0 Å². The van der Waals surface area contributed by atoms with Crippen LogP contribution in [-0.2, 0) is 0 Å². The van der Waals surface area contributed by atoms with Gasteiger partial charge in [0, 0.05) is 0 Å². The van der Waals surface area contributed by atoms with Gasteiger partial charge in [-0.25, -0.2) is 0 Å². The Bertz CT molecular complexity index is 19.7. The van der Waals surface area contributed by atoms with Crippen LogP contribution >= 0.6 is 0 Å². The summed E-state index contributed by atoms with van der Waals surface area (Å²) < 4.78 is 0. The number of hydrogen-bond donors (Lipinski definition) is 0. The molecule has 1 fully saturated rings. The van der Waals surface area contributed by atoms with Crippen LogP contribution in [-0.4, -0.2) is 0 Å². The maximum atomic E-state index is 2.42. The lowest BCUT2D eigenvalue weighted by Gasteiger charge is -1.82. The van der Waals surface area contributed by atoms with Crippen LogP contribution in [0, 0.1) is 6.42 Å². The molecule has 0 atom stereocenters. The summed E-state index contributed by atoms with van der Waals surface area (Å²) in [5, 5.41) is 0. The highest BCUT2D eigenvalue weighted by Gasteiger charge is 2.03. The van der Waals surface area contributed by atoms with Gasteiger partial charge in [0.25, 0.3) is 0 Å². The quantitative estimate of drug-likeness (QED) is 0.322. The van der Waals surface area contributed by atoms with Crippen LogP contribution < -0.4 is 0 Å². The molecule has 0 saturated heterocycles. The summed E-state index contributed by atoms with van der Waals surface area (Å²) in [6, 6.07) is 0. The van der Waals surface area contributed by atoms with Crippen molar-refractivity contribution in [2.75, 3.05) is 0 Å². The van der Waals surface area contributed by atoms with E-state index in [0.717, 1.165) is 0 Å². The molecule has 0 aliphatic heterocycles. The van der Waals surface area contributed by atoms with Crippen LogP contribution in [0.3, 0.4) is 0 Å². The molecule has 0 heteroatoms. The zero-order valence-electron chi connectivity index (χ0n) is 4.82. The van der Waals surface area contributed by atoms with Gasteiger partial charge in [0.05, 0.1) is 19.3 Å². The second-order valence-electron chi connectivity index (χ2n) is 2.28. The maximum Gasteiger partial charge on any atom is 0.0875 e. The van der Waals surface area contributed by atoms with Crippen LogP contribution in [0.2, 0.25) is 0 Å². The predicted molar refractivity (Wildman–Crippen MR) is 32.0 cm³/mol. The Labute approximate surface area is 45.9 Å². The van der Waals surface area contributed by atoms with Gasteiger partial charge in [0.1, 0.15) is 0 Å². The third-order valence-corrected chi connectivity index (χ3v) is 1.57. The molecule has 0 unspecified atom stereocenters. The standard InChI is InChI=1S/C7H13/c1-2-4-6-7-5-3-1/h1H,2-7H2/q+1. The van der Waals surface area contributed by atoms with Crippen molar-refractivity contribution in [1.29, 1.82) is 0 Å². The summed E-state index contributed by atoms with van der Waals surface area (Å²) >= 11 is 0. The Morgan fingerprint density at radius 2 is 1.29 bits per heavy atom. The predicted octanol–water partition coefficient (Wildman–Crippen LogP) is 2.54. The van der Waals surface area contributed by atoms with Gasteiger partial charge in [-0.15, -0.1) is 0 Å². The third kappa shape index (κ3) is 1.86. The molecule has 0 aromatic rings. The summed E-state index contributed by atoms with van der Waals surface area (Å²) in [6.45, 7) is 0. The molecule has 7 heavy (non-hydrogen) atoms. The van der Waals surface area contributed by atoms with Gasteiger partial charge in [-0.05, 0) is 25.7 Å². The lowest BCUT2D eigenvalue weighted by atomic mass is 10.2. The fourth-order valence-electron chi connectivity index (χ4n) is 1.08. The maximum absolute atomic E-state index is 2.42. The number of hydrogen-bond acceptors (Lipinski definition) is 0. The van der Waals surface area contributed by atoms with Gasteiger partial charge in [0.15, 0.2) is 0 Å². The summed E-state index contributed by atoms with van der Waals surface area (Å²) in [5.41, 5.74) is 0. The Balaban J connectivity index is 2.04. The minimum Gasteiger partial charge on any atom is -0.0491 e. The third-order valence-electron chi connectivity index (χ3n) is 1.57. The molecule has 1 saturated carbocycles. The fourth-order valence-corrected chi connectivity index (χ4v) is 1.08.